The van der Waals surface area contributed by atoms with Gasteiger partial charge in [0.05, 0.1) is 6.42 Å². The van der Waals surface area contributed by atoms with Gasteiger partial charge in [-0.3, -0.25) is 4.79 Å². The Morgan fingerprint density at radius 2 is 1.85 bits per heavy atom. The lowest BCUT2D eigenvalue weighted by atomic mass is 10.1. The number of hydrogen-bond acceptors (Lipinski definition) is 3. The second-order valence-corrected chi connectivity index (χ2v) is 5.12. The Bertz CT molecular complexity index is 629. The second kappa shape index (κ2) is 6.64. The minimum atomic E-state index is -0.353. The molecule has 2 rings (SSSR count). The maximum atomic E-state index is 11.8. The predicted molar refractivity (Wildman–Crippen MR) is 80.8 cm³/mol. The second-order valence-electron chi connectivity index (χ2n) is 4.27. The first-order valence-corrected chi connectivity index (χ1v) is 6.75. The third kappa shape index (κ3) is 3.89. The van der Waals surface area contributed by atoms with Gasteiger partial charge in [0.2, 0.25) is 0 Å². The van der Waals surface area contributed by atoms with Crippen molar-refractivity contribution in [2.45, 2.75) is 13.0 Å². The number of nitrogens with two attached hydrogens (primary N) is 1. The van der Waals surface area contributed by atoms with Crippen LogP contribution in [-0.4, -0.2) is 5.97 Å². The Balaban J connectivity index is 1.94. The van der Waals surface area contributed by atoms with E-state index in [9.17, 15) is 4.79 Å². The van der Waals surface area contributed by atoms with Gasteiger partial charge >= 0.3 is 5.97 Å². The number of halogens is 2. The third-order valence-electron chi connectivity index (χ3n) is 2.79. The molecule has 0 aliphatic rings. The first-order valence-electron chi connectivity index (χ1n) is 5.99. The van der Waals surface area contributed by atoms with Crippen LogP contribution in [0.3, 0.4) is 0 Å². The van der Waals surface area contributed by atoms with Gasteiger partial charge < -0.3 is 10.5 Å². The van der Waals surface area contributed by atoms with Gasteiger partial charge in [-0.2, -0.15) is 0 Å². The third-order valence-corrected chi connectivity index (χ3v) is 3.38. The molecule has 0 aromatic heterocycles. The van der Waals surface area contributed by atoms with E-state index in [1.807, 2.05) is 12.1 Å². The summed E-state index contributed by atoms with van der Waals surface area (Å²) in [6.45, 7) is 0.113. The fourth-order valence-electron chi connectivity index (χ4n) is 1.70. The largest absolute Gasteiger partial charge is 0.460 e. The molecule has 2 aromatic carbocycles. The van der Waals surface area contributed by atoms with Crippen LogP contribution in [0.4, 0.5) is 5.69 Å². The highest BCUT2D eigenvalue weighted by atomic mass is 35.5. The molecule has 0 fully saturated rings. The van der Waals surface area contributed by atoms with Crippen LogP contribution in [0.25, 0.3) is 0 Å². The van der Waals surface area contributed by atoms with Gasteiger partial charge in [-0.05, 0) is 23.8 Å². The van der Waals surface area contributed by atoms with Crippen molar-refractivity contribution in [3.8, 4) is 0 Å². The number of carbonyl (C=O) groups is 1. The molecule has 0 saturated carbocycles. The predicted octanol–water partition coefficient (Wildman–Crippen LogP) is 3.86. The van der Waals surface area contributed by atoms with Gasteiger partial charge in [0.25, 0.3) is 0 Å². The van der Waals surface area contributed by atoms with Crippen LogP contribution >= 0.6 is 23.2 Å². The topological polar surface area (TPSA) is 52.3 Å². The maximum Gasteiger partial charge on any atom is 0.310 e. The molecule has 2 aromatic rings. The van der Waals surface area contributed by atoms with Crippen LogP contribution in [0.2, 0.25) is 10.0 Å². The Morgan fingerprint density at radius 3 is 2.55 bits per heavy atom. The molecule has 0 atom stereocenters. The van der Waals surface area contributed by atoms with Crippen LogP contribution in [0.5, 0.6) is 0 Å². The first kappa shape index (κ1) is 14.7. The van der Waals surface area contributed by atoms with Crippen molar-refractivity contribution < 1.29 is 9.53 Å². The summed E-state index contributed by atoms with van der Waals surface area (Å²) in [5, 5.41) is 1.02. The summed E-state index contributed by atoms with van der Waals surface area (Å²) in [4.78, 5) is 11.8. The van der Waals surface area contributed by atoms with Gasteiger partial charge in [-0.25, -0.2) is 0 Å². The number of esters is 1. The zero-order valence-electron chi connectivity index (χ0n) is 10.6. The van der Waals surface area contributed by atoms with Crippen LogP contribution in [-0.2, 0) is 22.6 Å². The number of rotatable bonds is 4. The molecule has 0 saturated heterocycles. The van der Waals surface area contributed by atoms with Crippen LogP contribution in [0.1, 0.15) is 11.1 Å². The van der Waals surface area contributed by atoms with Gasteiger partial charge in [-0.1, -0.05) is 47.5 Å². The minimum Gasteiger partial charge on any atom is -0.460 e. The molecule has 5 heteroatoms. The molecular formula is C15H13Cl2NO2. The van der Waals surface area contributed by atoms with Crippen LogP contribution in [0.15, 0.2) is 42.5 Å². The monoisotopic (exact) mass is 309 g/mol. The molecule has 2 N–H and O–H groups in total. The summed E-state index contributed by atoms with van der Waals surface area (Å²) in [5.74, 6) is -0.353. The molecule has 0 aliphatic heterocycles. The van der Waals surface area contributed by atoms with E-state index in [2.05, 4.69) is 0 Å². The van der Waals surface area contributed by atoms with Gasteiger partial charge in [0.15, 0.2) is 0 Å². The fourth-order valence-corrected chi connectivity index (χ4v) is 2.16. The SMILES string of the molecule is Nc1ccccc1CC(=O)OCc1ccc(Cl)cc1Cl. The quantitative estimate of drug-likeness (QED) is 0.689. The van der Waals surface area contributed by atoms with Crippen molar-refractivity contribution in [2.75, 3.05) is 5.73 Å². The first-order chi connectivity index (χ1) is 9.56. The lowest BCUT2D eigenvalue weighted by Gasteiger charge is -2.08. The average Bonchev–Trinajstić information content (AvgIpc) is 2.40. The van der Waals surface area contributed by atoms with E-state index in [1.54, 1.807) is 30.3 Å². The summed E-state index contributed by atoms with van der Waals surface area (Å²) in [7, 11) is 0. The van der Waals surface area contributed by atoms with Gasteiger partial charge in [-0.15, -0.1) is 0 Å². The van der Waals surface area contributed by atoms with Crippen LogP contribution in [0, 0.1) is 0 Å². The highest BCUT2D eigenvalue weighted by Crippen LogP contribution is 2.22. The summed E-state index contributed by atoms with van der Waals surface area (Å²) < 4.78 is 5.19. The van der Waals surface area contributed by atoms with E-state index in [1.165, 1.54) is 0 Å². The highest BCUT2D eigenvalue weighted by molar-refractivity contribution is 6.35. The number of benzene rings is 2. The van der Waals surface area contributed by atoms with E-state index in [0.29, 0.717) is 21.3 Å². The Hall–Kier alpha value is -1.71. The summed E-state index contributed by atoms with van der Waals surface area (Å²) in [6, 6.07) is 12.2. The molecule has 0 heterocycles. The van der Waals surface area contributed by atoms with Gasteiger partial charge in [0, 0.05) is 21.3 Å². The average molecular weight is 310 g/mol. The Labute approximate surface area is 127 Å². The van der Waals surface area contributed by atoms with E-state index in [0.717, 1.165) is 5.56 Å². The highest BCUT2D eigenvalue weighted by Gasteiger charge is 2.09. The van der Waals surface area contributed by atoms with Crippen molar-refractivity contribution in [3.63, 3.8) is 0 Å². The van der Waals surface area contributed by atoms with Crippen LogP contribution < -0.4 is 5.73 Å². The van der Waals surface area contributed by atoms with Crippen molar-refractivity contribution in [2.24, 2.45) is 0 Å². The zero-order valence-corrected chi connectivity index (χ0v) is 12.1. The molecule has 0 radical (unpaired) electrons. The Morgan fingerprint density at radius 1 is 1.10 bits per heavy atom. The van der Waals surface area contributed by atoms with Gasteiger partial charge in [0.1, 0.15) is 6.61 Å². The molecule has 0 aliphatic carbocycles. The summed E-state index contributed by atoms with van der Waals surface area (Å²) in [5.41, 5.74) is 7.81. The Kier molecular flexibility index (Phi) is 4.88. The standard InChI is InChI=1S/C15H13Cl2NO2/c16-12-6-5-11(13(17)8-12)9-20-15(19)7-10-3-1-2-4-14(10)18/h1-6,8H,7,9,18H2. The number of para-hydroxylation sites is 1. The fraction of sp³-hybridized carbons (Fsp3) is 0.133. The number of carbonyl (C=O) groups excluding carboxylic acids is 1. The minimum absolute atomic E-state index is 0.113. The van der Waals surface area contributed by atoms with E-state index >= 15 is 0 Å². The zero-order chi connectivity index (χ0) is 14.5. The number of ether oxygens (including phenoxy) is 1. The summed E-state index contributed by atoms with van der Waals surface area (Å²) >= 11 is 11.8. The molecule has 0 amide bonds. The molecule has 20 heavy (non-hydrogen) atoms. The number of hydrogen-bond donors (Lipinski definition) is 1. The molecule has 0 bridgehead atoms. The van der Waals surface area contributed by atoms with E-state index in [-0.39, 0.29) is 19.0 Å². The van der Waals surface area contributed by atoms with Crippen molar-refractivity contribution in [1.29, 1.82) is 0 Å². The lowest BCUT2D eigenvalue weighted by Crippen LogP contribution is -2.09. The number of anilines is 1. The van der Waals surface area contributed by atoms with E-state index < -0.39 is 0 Å². The maximum absolute atomic E-state index is 11.8. The smallest absolute Gasteiger partial charge is 0.310 e. The molecule has 104 valence electrons. The van der Waals surface area contributed by atoms with Crippen molar-refractivity contribution >= 4 is 34.9 Å². The molecular weight excluding hydrogens is 297 g/mol. The normalized spacial score (nSPS) is 10.3. The number of nitrogen functional groups attached to an aromatic ring is 1. The van der Waals surface area contributed by atoms with E-state index in [4.69, 9.17) is 33.7 Å². The molecule has 0 spiro atoms. The van der Waals surface area contributed by atoms with Crippen molar-refractivity contribution in [3.05, 3.63) is 63.6 Å². The summed E-state index contributed by atoms with van der Waals surface area (Å²) in [6.07, 6.45) is 0.137. The lowest BCUT2D eigenvalue weighted by molar-refractivity contribution is -0.144. The van der Waals surface area contributed by atoms with Crippen molar-refractivity contribution in [1.82, 2.24) is 0 Å². The molecule has 3 nitrogen and oxygen atoms in total. The molecule has 0 unspecified atom stereocenters.